The lowest BCUT2D eigenvalue weighted by Crippen LogP contribution is -2.04. The highest BCUT2D eigenvalue weighted by atomic mass is 79.9. The zero-order valence-corrected chi connectivity index (χ0v) is 13.6. The van der Waals surface area contributed by atoms with Crippen LogP contribution in [0.2, 0.25) is 0 Å². The lowest BCUT2D eigenvalue weighted by molar-refractivity contribution is 1.10. The Balaban J connectivity index is 2.21. The number of nitrogens with one attached hydrogen (secondary N) is 1. The summed E-state index contributed by atoms with van der Waals surface area (Å²) in [6.45, 7) is 9.41. The van der Waals surface area contributed by atoms with Crippen LogP contribution < -0.4 is 5.32 Å². The van der Waals surface area contributed by atoms with Gasteiger partial charge in [-0.25, -0.2) is 0 Å². The van der Waals surface area contributed by atoms with Gasteiger partial charge in [0, 0.05) is 11.0 Å². The second-order valence-electron chi connectivity index (χ2n) is 5.22. The van der Waals surface area contributed by atoms with Gasteiger partial charge in [-0.05, 0) is 71.9 Å². The van der Waals surface area contributed by atoms with E-state index < -0.39 is 0 Å². The minimum Gasteiger partial charge on any atom is -0.380 e. The predicted molar refractivity (Wildman–Crippen MR) is 86.9 cm³/mol. The molecule has 1 N–H and O–H groups in total. The monoisotopic (exact) mass is 317 g/mol. The summed E-state index contributed by atoms with van der Waals surface area (Å²) in [5, 5.41) is 3.55. The van der Waals surface area contributed by atoms with E-state index in [4.69, 9.17) is 0 Å². The number of aryl methyl sites for hydroxylation is 4. The minimum atomic E-state index is 0.857. The van der Waals surface area contributed by atoms with Crippen molar-refractivity contribution in [2.24, 2.45) is 0 Å². The van der Waals surface area contributed by atoms with Crippen molar-refractivity contribution in [1.82, 2.24) is 0 Å². The molecule has 0 saturated carbocycles. The third-order valence-corrected chi connectivity index (χ3v) is 4.02. The van der Waals surface area contributed by atoms with Crippen LogP contribution in [0.3, 0.4) is 0 Å². The molecule has 0 bridgehead atoms. The Hall–Kier alpha value is -1.28. The highest BCUT2D eigenvalue weighted by Gasteiger charge is 2.05. The van der Waals surface area contributed by atoms with Gasteiger partial charge in [-0.15, -0.1) is 0 Å². The summed E-state index contributed by atoms with van der Waals surface area (Å²) >= 11 is 3.64. The summed E-state index contributed by atoms with van der Waals surface area (Å²) in [6, 6.07) is 10.9. The fraction of sp³-hybridized carbons (Fsp3) is 0.294. The van der Waals surface area contributed by atoms with Crippen LogP contribution in [-0.4, -0.2) is 0 Å². The maximum absolute atomic E-state index is 3.64. The molecule has 0 unspecified atom stereocenters. The topological polar surface area (TPSA) is 12.0 Å². The van der Waals surface area contributed by atoms with E-state index in [9.17, 15) is 0 Å². The van der Waals surface area contributed by atoms with E-state index in [1.165, 1.54) is 33.5 Å². The number of halogens is 1. The molecular weight excluding hydrogens is 298 g/mol. The maximum atomic E-state index is 3.64. The molecule has 2 heteroatoms. The van der Waals surface area contributed by atoms with Crippen LogP contribution >= 0.6 is 15.9 Å². The van der Waals surface area contributed by atoms with Crippen molar-refractivity contribution in [1.29, 1.82) is 0 Å². The number of rotatable bonds is 3. The smallest absolute Gasteiger partial charge is 0.0517 e. The Morgan fingerprint density at radius 3 is 2.32 bits per heavy atom. The molecule has 0 amide bonds. The normalized spacial score (nSPS) is 10.6. The molecule has 0 spiro atoms. The maximum Gasteiger partial charge on any atom is 0.0517 e. The van der Waals surface area contributed by atoms with Crippen molar-refractivity contribution >= 4 is 21.6 Å². The fourth-order valence-electron chi connectivity index (χ4n) is 2.31. The Morgan fingerprint density at radius 1 is 0.895 bits per heavy atom. The van der Waals surface area contributed by atoms with Gasteiger partial charge in [-0.3, -0.25) is 0 Å². The fourth-order valence-corrected chi connectivity index (χ4v) is 3.13. The molecule has 100 valence electrons. The average Bonchev–Trinajstić information content (AvgIpc) is 2.32. The summed E-state index contributed by atoms with van der Waals surface area (Å²) in [5.41, 5.74) is 7.73. The average molecular weight is 318 g/mol. The van der Waals surface area contributed by atoms with Gasteiger partial charge in [0.05, 0.1) is 5.69 Å². The highest BCUT2D eigenvalue weighted by Crippen LogP contribution is 2.28. The van der Waals surface area contributed by atoms with Gasteiger partial charge in [0.25, 0.3) is 0 Å². The second-order valence-corrected chi connectivity index (χ2v) is 6.08. The molecule has 2 aromatic rings. The zero-order chi connectivity index (χ0) is 14.0. The number of hydrogen-bond donors (Lipinski definition) is 1. The van der Waals surface area contributed by atoms with E-state index in [1.807, 2.05) is 0 Å². The lowest BCUT2D eigenvalue weighted by atomic mass is 10.1. The van der Waals surface area contributed by atoms with E-state index in [-0.39, 0.29) is 0 Å². The standard InChI is InChI=1S/C17H20BrN/c1-11-5-6-13(3)15(8-11)10-19-17-14(4)7-12(2)9-16(17)18/h5-9,19H,10H2,1-4H3. The first-order valence-electron chi connectivity index (χ1n) is 6.54. The Labute approximate surface area is 124 Å². The van der Waals surface area contributed by atoms with E-state index >= 15 is 0 Å². The van der Waals surface area contributed by atoms with Crippen LogP contribution in [0.1, 0.15) is 27.8 Å². The molecule has 0 aromatic heterocycles. The molecule has 0 radical (unpaired) electrons. The molecule has 0 aliphatic heterocycles. The second kappa shape index (κ2) is 5.79. The van der Waals surface area contributed by atoms with Gasteiger partial charge in [0.15, 0.2) is 0 Å². The summed E-state index contributed by atoms with van der Waals surface area (Å²) in [4.78, 5) is 0. The summed E-state index contributed by atoms with van der Waals surface area (Å²) in [7, 11) is 0. The van der Waals surface area contributed by atoms with Crippen LogP contribution in [0, 0.1) is 27.7 Å². The Bertz CT molecular complexity index is 579. The van der Waals surface area contributed by atoms with Crippen LogP contribution in [0.25, 0.3) is 0 Å². The molecule has 0 aliphatic carbocycles. The van der Waals surface area contributed by atoms with Crippen LogP contribution in [0.5, 0.6) is 0 Å². The number of benzene rings is 2. The molecule has 0 heterocycles. The Kier molecular flexibility index (Phi) is 4.31. The first-order chi connectivity index (χ1) is 8.97. The van der Waals surface area contributed by atoms with Gasteiger partial charge >= 0.3 is 0 Å². The molecule has 19 heavy (non-hydrogen) atoms. The first-order valence-corrected chi connectivity index (χ1v) is 7.33. The van der Waals surface area contributed by atoms with Crippen LogP contribution in [-0.2, 0) is 6.54 Å². The van der Waals surface area contributed by atoms with E-state index in [0.717, 1.165) is 11.0 Å². The molecule has 0 saturated heterocycles. The summed E-state index contributed by atoms with van der Waals surface area (Å²) in [6.07, 6.45) is 0. The van der Waals surface area contributed by atoms with E-state index in [1.54, 1.807) is 0 Å². The zero-order valence-electron chi connectivity index (χ0n) is 12.0. The van der Waals surface area contributed by atoms with E-state index in [2.05, 4.69) is 79.3 Å². The first kappa shape index (κ1) is 14.1. The van der Waals surface area contributed by atoms with Gasteiger partial charge < -0.3 is 5.32 Å². The van der Waals surface area contributed by atoms with E-state index in [0.29, 0.717) is 0 Å². The highest BCUT2D eigenvalue weighted by molar-refractivity contribution is 9.10. The molecule has 0 aliphatic rings. The SMILES string of the molecule is Cc1cc(C)c(NCc2cc(C)ccc2C)c(Br)c1. The third kappa shape index (κ3) is 3.38. The lowest BCUT2D eigenvalue weighted by Gasteiger charge is -2.14. The molecule has 0 fully saturated rings. The van der Waals surface area contributed by atoms with Crippen molar-refractivity contribution in [2.75, 3.05) is 5.32 Å². The Morgan fingerprint density at radius 2 is 1.63 bits per heavy atom. The summed E-state index contributed by atoms with van der Waals surface area (Å²) < 4.78 is 1.13. The van der Waals surface area contributed by atoms with Gasteiger partial charge in [-0.1, -0.05) is 29.8 Å². The largest absolute Gasteiger partial charge is 0.380 e. The van der Waals surface area contributed by atoms with Crippen molar-refractivity contribution in [3.8, 4) is 0 Å². The summed E-state index contributed by atoms with van der Waals surface area (Å²) in [5.74, 6) is 0. The van der Waals surface area contributed by atoms with Crippen LogP contribution in [0.15, 0.2) is 34.8 Å². The van der Waals surface area contributed by atoms with Gasteiger partial charge in [0.1, 0.15) is 0 Å². The number of anilines is 1. The van der Waals surface area contributed by atoms with Crippen molar-refractivity contribution in [3.63, 3.8) is 0 Å². The van der Waals surface area contributed by atoms with Crippen LogP contribution in [0.4, 0.5) is 5.69 Å². The molecule has 2 rings (SSSR count). The van der Waals surface area contributed by atoms with Crippen molar-refractivity contribution < 1.29 is 0 Å². The van der Waals surface area contributed by atoms with Crippen molar-refractivity contribution in [2.45, 2.75) is 34.2 Å². The molecule has 1 nitrogen and oxygen atoms in total. The number of hydrogen-bond acceptors (Lipinski definition) is 1. The molecule has 2 aromatic carbocycles. The van der Waals surface area contributed by atoms with Gasteiger partial charge in [-0.2, -0.15) is 0 Å². The van der Waals surface area contributed by atoms with Crippen molar-refractivity contribution in [3.05, 3.63) is 62.6 Å². The molecular formula is C17H20BrN. The molecule has 0 atom stereocenters. The predicted octanol–water partition coefficient (Wildman–Crippen LogP) is 5.29. The quantitative estimate of drug-likeness (QED) is 0.810. The third-order valence-electron chi connectivity index (χ3n) is 3.39. The van der Waals surface area contributed by atoms with Gasteiger partial charge in [0.2, 0.25) is 0 Å². The minimum absolute atomic E-state index is 0.857.